The number of aromatic nitrogens is 1. The van der Waals surface area contributed by atoms with Gasteiger partial charge in [-0.3, -0.25) is 23.9 Å². The lowest BCUT2D eigenvalue weighted by atomic mass is 9.88. The quantitative estimate of drug-likeness (QED) is 0.282. The predicted octanol–water partition coefficient (Wildman–Crippen LogP) is 3.94. The number of hydrogen-bond donors (Lipinski definition) is 3. The Hall–Kier alpha value is -3.42. The summed E-state index contributed by atoms with van der Waals surface area (Å²) in [5.41, 5.74) is 2.10. The van der Waals surface area contributed by atoms with Gasteiger partial charge in [-0.15, -0.1) is 11.3 Å². The van der Waals surface area contributed by atoms with Crippen molar-refractivity contribution in [2.75, 3.05) is 38.3 Å². The van der Waals surface area contributed by atoms with E-state index in [1.54, 1.807) is 18.2 Å². The van der Waals surface area contributed by atoms with Gasteiger partial charge in [0.05, 0.1) is 17.5 Å². The molecule has 48 heavy (non-hydrogen) atoms. The molecule has 0 spiro atoms. The smallest absolute Gasteiger partial charge is 0.363 e. The standard InChI is InChI=1S/C33H39FN5O7PS/c1-46-18-23-10-12-38(23)26-9-11-35-15-24(26)21-16-37(17-21)33(42)27-7-6-22-3-2-4-25(32(41)39(22)27)36-31(40)29-14-20-13-19(5-8-28(20)48-29)30(34)47(43,44)45/h5,8-9,11,13-15,21-23,25,27,30H,2-4,6-7,10,12,16-18H2,1H3,(H,36,40)(H2,43,44,45)/t22-,23-,25-,27-,30-/m0/s1. The zero-order chi connectivity index (χ0) is 33.7. The van der Waals surface area contributed by atoms with Crippen molar-refractivity contribution in [1.29, 1.82) is 0 Å². The van der Waals surface area contributed by atoms with Gasteiger partial charge in [-0.25, -0.2) is 4.39 Å². The van der Waals surface area contributed by atoms with Crippen molar-refractivity contribution < 1.29 is 37.9 Å². The maximum Gasteiger partial charge on any atom is 0.363 e. The minimum absolute atomic E-state index is 0.0510. The number of halogens is 1. The van der Waals surface area contributed by atoms with Gasteiger partial charge in [-0.2, -0.15) is 0 Å². The molecule has 0 radical (unpaired) electrons. The fourth-order valence-corrected chi connectivity index (χ4v) is 9.14. The van der Waals surface area contributed by atoms with Crippen molar-refractivity contribution >= 4 is 52.4 Å². The molecule has 3 aromatic rings. The second kappa shape index (κ2) is 13.1. The Bertz CT molecular complexity index is 1780. The van der Waals surface area contributed by atoms with Gasteiger partial charge in [0.1, 0.15) is 12.1 Å². The highest BCUT2D eigenvalue weighted by Gasteiger charge is 2.48. The van der Waals surface area contributed by atoms with Gasteiger partial charge in [0, 0.05) is 67.0 Å². The van der Waals surface area contributed by atoms with Gasteiger partial charge < -0.3 is 34.5 Å². The van der Waals surface area contributed by atoms with E-state index < -0.39 is 31.5 Å². The highest BCUT2D eigenvalue weighted by atomic mass is 32.1. The second-order valence-corrected chi connectivity index (χ2v) is 16.0. The second-order valence-electron chi connectivity index (χ2n) is 13.2. The zero-order valence-corrected chi connectivity index (χ0v) is 28.2. The number of carbonyl (C=O) groups excluding carboxylic acids is 3. The molecule has 15 heteroatoms. The van der Waals surface area contributed by atoms with Crippen LogP contribution < -0.4 is 10.2 Å². The van der Waals surface area contributed by atoms with Crippen LogP contribution in [0.25, 0.3) is 10.1 Å². The number of amides is 3. The van der Waals surface area contributed by atoms with Crippen LogP contribution >= 0.6 is 18.9 Å². The normalized spacial score (nSPS) is 25.3. The van der Waals surface area contributed by atoms with Crippen LogP contribution in [0.4, 0.5) is 10.1 Å². The Morgan fingerprint density at radius 3 is 2.69 bits per heavy atom. The number of fused-ring (bicyclic) bond motifs is 2. The number of thiophene rings is 1. The largest absolute Gasteiger partial charge is 0.383 e. The molecule has 6 heterocycles. The van der Waals surface area contributed by atoms with E-state index >= 15 is 0 Å². The summed E-state index contributed by atoms with van der Waals surface area (Å²) in [6.45, 7) is 2.75. The minimum atomic E-state index is -4.98. The number of nitrogens with zero attached hydrogens (tertiary/aromatic N) is 4. The summed E-state index contributed by atoms with van der Waals surface area (Å²) < 4.78 is 31.7. The third-order valence-corrected chi connectivity index (χ3v) is 12.3. The van der Waals surface area contributed by atoms with E-state index in [1.807, 2.05) is 17.2 Å². The van der Waals surface area contributed by atoms with E-state index in [0.717, 1.165) is 54.8 Å². The van der Waals surface area contributed by atoms with Gasteiger partial charge in [-0.1, -0.05) is 6.07 Å². The van der Waals surface area contributed by atoms with E-state index in [9.17, 15) is 33.1 Å². The fraction of sp³-hybridized carbons (Fsp3) is 0.515. The molecule has 3 amide bonds. The number of pyridine rings is 1. The number of alkyl halides is 1. The number of benzene rings is 1. The Morgan fingerprint density at radius 1 is 1.15 bits per heavy atom. The molecule has 4 saturated heterocycles. The summed E-state index contributed by atoms with van der Waals surface area (Å²) >= 11 is 1.15. The molecule has 1 aromatic carbocycles. The molecular weight excluding hydrogens is 660 g/mol. The molecule has 0 aliphatic carbocycles. The summed E-state index contributed by atoms with van der Waals surface area (Å²) in [4.78, 5) is 70.2. The highest BCUT2D eigenvalue weighted by molar-refractivity contribution is 7.51. The van der Waals surface area contributed by atoms with Gasteiger partial charge in [0.15, 0.2) is 0 Å². The third-order valence-electron chi connectivity index (χ3n) is 10.3. The number of methoxy groups -OCH3 is 1. The first-order valence-corrected chi connectivity index (χ1v) is 18.9. The lowest BCUT2D eigenvalue weighted by molar-refractivity contribution is -0.148. The Morgan fingerprint density at radius 2 is 1.96 bits per heavy atom. The molecular formula is C33H39FN5O7PS. The van der Waals surface area contributed by atoms with Crippen LogP contribution in [0, 0.1) is 0 Å². The third kappa shape index (κ3) is 6.13. The van der Waals surface area contributed by atoms with Crippen molar-refractivity contribution in [1.82, 2.24) is 20.1 Å². The summed E-state index contributed by atoms with van der Waals surface area (Å²) in [5.74, 6) is -3.06. The van der Waals surface area contributed by atoms with Gasteiger partial charge in [-0.05, 0) is 73.7 Å². The molecule has 3 N–H and O–H groups in total. The molecule has 4 aliphatic rings. The first-order valence-electron chi connectivity index (χ1n) is 16.4. The molecule has 2 aromatic heterocycles. The number of ether oxygens (including phenoxy) is 1. The van der Waals surface area contributed by atoms with Crippen molar-refractivity contribution in [3.63, 3.8) is 0 Å². The maximum atomic E-state index is 14.3. The van der Waals surface area contributed by atoms with Crippen LogP contribution in [-0.4, -0.2) is 99.8 Å². The molecule has 4 fully saturated rings. The van der Waals surface area contributed by atoms with Crippen molar-refractivity contribution in [3.8, 4) is 0 Å². The lowest BCUT2D eigenvalue weighted by Crippen LogP contribution is -2.59. The minimum Gasteiger partial charge on any atom is -0.383 e. The summed E-state index contributed by atoms with van der Waals surface area (Å²) in [6.07, 6.45) is 8.05. The Kier molecular flexibility index (Phi) is 9.05. The maximum absolute atomic E-state index is 14.3. The number of rotatable bonds is 9. The first kappa shape index (κ1) is 33.1. The zero-order valence-electron chi connectivity index (χ0n) is 26.5. The molecule has 0 bridgehead atoms. The van der Waals surface area contributed by atoms with Crippen LogP contribution in [0.3, 0.4) is 0 Å². The van der Waals surface area contributed by atoms with Crippen molar-refractivity contribution in [2.45, 2.75) is 74.5 Å². The van der Waals surface area contributed by atoms with E-state index in [0.29, 0.717) is 53.5 Å². The van der Waals surface area contributed by atoms with E-state index in [2.05, 4.69) is 15.2 Å². The number of anilines is 1. The fourth-order valence-electron chi connectivity index (χ4n) is 7.65. The van der Waals surface area contributed by atoms with Gasteiger partial charge >= 0.3 is 7.60 Å². The van der Waals surface area contributed by atoms with E-state index in [-0.39, 0.29) is 29.3 Å². The molecule has 5 atom stereocenters. The Balaban J connectivity index is 1.01. The summed E-state index contributed by atoms with van der Waals surface area (Å²) in [5, 5.41) is 3.36. The van der Waals surface area contributed by atoms with Crippen LogP contribution in [-0.2, 0) is 18.9 Å². The van der Waals surface area contributed by atoms with E-state index in [1.165, 1.54) is 24.3 Å². The monoisotopic (exact) mass is 699 g/mol. The van der Waals surface area contributed by atoms with Gasteiger partial charge in [0.2, 0.25) is 17.7 Å². The SMILES string of the molecule is COC[C@@H]1CCN1c1ccncc1C1CN(C(=O)[C@@H]2CC[C@@H]3CCC[C@H](NC(=O)c4cc5cc([C@@H](F)P(=O)(O)O)ccc5s4)C(=O)N32)C1. The molecule has 12 nitrogen and oxygen atoms in total. The topological polar surface area (TPSA) is 153 Å². The van der Waals surface area contributed by atoms with Crippen LogP contribution in [0.2, 0.25) is 0 Å². The molecule has 256 valence electrons. The predicted molar refractivity (Wildman–Crippen MR) is 178 cm³/mol. The molecule has 7 rings (SSSR count). The van der Waals surface area contributed by atoms with Gasteiger partial charge in [0.25, 0.3) is 5.91 Å². The number of likely N-dealkylation sites (tertiary alicyclic amines) is 1. The van der Waals surface area contributed by atoms with Crippen molar-refractivity contribution in [2.24, 2.45) is 0 Å². The van der Waals surface area contributed by atoms with Crippen LogP contribution in [0.5, 0.6) is 0 Å². The molecule has 0 saturated carbocycles. The number of nitrogens with one attached hydrogen (secondary N) is 1. The van der Waals surface area contributed by atoms with Crippen LogP contribution in [0.1, 0.15) is 71.2 Å². The first-order chi connectivity index (χ1) is 23.0. The van der Waals surface area contributed by atoms with E-state index in [4.69, 9.17) is 4.74 Å². The summed E-state index contributed by atoms with van der Waals surface area (Å²) in [7, 11) is -3.26. The average Bonchev–Trinajstić information content (AvgIpc) is 3.62. The average molecular weight is 700 g/mol. The van der Waals surface area contributed by atoms with Crippen LogP contribution in [0.15, 0.2) is 42.7 Å². The number of carbonyl (C=O) groups is 3. The van der Waals surface area contributed by atoms with Crippen molar-refractivity contribution in [3.05, 3.63) is 58.7 Å². The Labute approximate surface area is 281 Å². The lowest BCUT2D eigenvalue weighted by Gasteiger charge is -2.47. The summed E-state index contributed by atoms with van der Waals surface area (Å²) in [6, 6.07) is 6.64. The number of hydrogen-bond acceptors (Lipinski definition) is 8. The highest BCUT2D eigenvalue weighted by Crippen LogP contribution is 2.53. The molecule has 4 aliphatic heterocycles. The molecule has 0 unspecified atom stereocenters.